The lowest BCUT2D eigenvalue weighted by Crippen LogP contribution is -2.39. The minimum absolute atomic E-state index is 0.0549. The van der Waals surface area contributed by atoms with Crippen LogP contribution in [0.5, 0.6) is 11.5 Å². The molecule has 2 aromatic rings. The van der Waals surface area contributed by atoms with Crippen LogP contribution < -0.4 is 15.2 Å². The molecule has 8 heteroatoms. The van der Waals surface area contributed by atoms with Gasteiger partial charge in [-0.3, -0.25) is 4.79 Å². The fourth-order valence-corrected chi connectivity index (χ4v) is 5.63. The quantitative estimate of drug-likeness (QED) is 0.839. The van der Waals surface area contributed by atoms with Gasteiger partial charge in [0.15, 0.2) is 21.3 Å². The van der Waals surface area contributed by atoms with Gasteiger partial charge in [-0.1, -0.05) is 24.3 Å². The van der Waals surface area contributed by atoms with Crippen LogP contribution in [-0.2, 0) is 14.6 Å². The largest absolute Gasteiger partial charge is 0.480 e. The van der Waals surface area contributed by atoms with Gasteiger partial charge in [-0.2, -0.15) is 0 Å². The molecule has 0 spiro atoms. The highest BCUT2D eigenvalue weighted by Gasteiger charge is 2.74. The van der Waals surface area contributed by atoms with Crippen LogP contribution in [0.3, 0.4) is 0 Å². The maximum absolute atomic E-state index is 12.9. The average molecular weight is 361 g/mol. The van der Waals surface area contributed by atoms with Crippen molar-refractivity contribution in [3.05, 3.63) is 54.1 Å². The van der Waals surface area contributed by atoms with E-state index in [9.17, 15) is 18.3 Å². The molecule has 7 nitrogen and oxygen atoms in total. The first kappa shape index (κ1) is 15.9. The normalized spacial score (nSPS) is 27.1. The van der Waals surface area contributed by atoms with E-state index in [-0.39, 0.29) is 11.7 Å². The van der Waals surface area contributed by atoms with E-state index in [0.717, 1.165) is 0 Å². The summed E-state index contributed by atoms with van der Waals surface area (Å²) in [5.74, 6) is -1.23. The van der Waals surface area contributed by atoms with Gasteiger partial charge >= 0.3 is 5.97 Å². The second kappa shape index (κ2) is 5.21. The summed E-state index contributed by atoms with van der Waals surface area (Å²) in [5, 5.41) is 8.32. The molecular weight excluding hydrogens is 346 g/mol. The van der Waals surface area contributed by atoms with Gasteiger partial charge in [-0.15, -0.1) is 0 Å². The standard InChI is InChI=1S/C17H15NO6S/c18-17(16(19)20)14(10-6-7-12-13(8-10)24-9-23-12)15(17)25(21,22)11-4-2-1-3-5-11/h1-8,14-15H,9,18H2,(H,19,20)/t14-,15+,17-/m1/s1. The molecule has 1 aliphatic heterocycles. The van der Waals surface area contributed by atoms with Crippen molar-refractivity contribution >= 4 is 15.8 Å². The molecule has 3 N–H and O–H groups in total. The first-order valence-corrected chi connectivity index (χ1v) is 9.12. The van der Waals surface area contributed by atoms with Crippen molar-refractivity contribution in [1.82, 2.24) is 0 Å². The number of hydrogen-bond donors (Lipinski definition) is 2. The molecule has 1 aliphatic carbocycles. The lowest BCUT2D eigenvalue weighted by Gasteiger charge is -2.06. The Morgan fingerprint density at radius 1 is 1.12 bits per heavy atom. The Morgan fingerprint density at radius 3 is 2.48 bits per heavy atom. The lowest BCUT2D eigenvalue weighted by atomic mass is 10.1. The van der Waals surface area contributed by atoms with Gasteiger partial charge in [0.2, 0.25) is 6.79 Å². The highest BCUT2D eigenvalue weighted by Crippen LogP contribution is 2.56. The minimum Gasteiger partial charge on any atom is -0.480 e. The van der Waals surface area contributed by atoms with Crippen molar-refractivity contribution in [1.29, 1.82) is 0 Å². The summed E-state index contributed by atoms with van der Waals surface area (Å²) in [7, 11) is -3.91. The molecule has 4 rings (SSSR count). The molecule has 2 aliphatic rings. The van der Waals surface area contributed by atoms with Gasteiger partial charge in [0, 0.05) is 5.92 Å². The van der Waals surface area contributed by atoms with Crippen LogP contribution in [0.15, 0.2) is 53.4 Å². The fourth-order valence-electron chi connectivity index (χ4n) is 3.38. The number of carboxylic acids is 1. The number of nitrogens with two attached hydrogens (primary N) is 1. The maximum atomic E-state index is 12.9. The first-order valence-electron chi connectivity index (χ1n) is 7.57. The van der Waals surface area contributed by atoms with Gasteiger partial charge in [0.25, 0.3) is 0 Å². The van der Waals surface area contributed by atoms with Crippen LogP contribution in [-0.4, -0.2) is 37.1 Å². The third-order valence-electron chi connectivity index (χ3n) is 4.71. The number of hydrogen-bond acceptors (Lipinski definition) is 6. The molecule has 0 amide bonds. The summed E-state index contributed by atoms with van der Waals surface area (Å²) in [4.78, 5) is 11.8. The van der Waals surface area contributed by atoms with E-state index in [4.69, 9.17) is 15.2 Å². The lowest BCUT2D eigenvalue weighted by molar-refractivity contribution is -0.139. The molecule has 0 unspecified atom stereocenters. The van der Waals surface area contributed by atoms with Crippen LogP contribution in [0.4, 0.5) is 0 Å². The Kier molecular flexibility index (Phi) is 3.32. The number of fused-ring (bicyclic) bond motifs is 1. The average Bonchev–Trinajstić information content (AvgIpc) is 3.01. The fraction of sp³-hybridized carbons (Fsp3) is 0.235. The Labute approximate surface area is 143 Å². The zero-order chi connectivity index (χ0) is 17.8. The number of benzene rings is 2. The molecule has 0 radical (unpaired) electrons. The van der Waals surface area contributed by atoms with Gasteiger partial charge in [-0.05, 0) is 29.8 Å². The van der Waals surface area contributed by atoms with Gasteiger partial charge in [-0.25, -0.2) is 8.42 Å². The molecule has 2 aromatic carbocycles. The van der Waals surface area contributed by atoms with Crippen molar-refractivity contribution in [3.8, 4) is 11.5 Å². The third-order valence-corrected chi connectivity index (χ3v) is 6.97. The van der Waals surface area contributed by atoms with Crippen molar-refractivity contribution < 1.29 is 27.8 Å². The van der Waals surface area contributed by atoms with Crippen LogP contribution in [0.25, 0.3) is 0 Å². The molecule has 1 heterocycles. The topological polar surface area (TPSA) is 116 Å². The van der Waals surface area contributed by atoms with E-state index < -0.39 is 32.5 Å². The van der Waals surface area contributed by atoms with Crippen molar-refractivity contribution in [2.45, 2.75) is 21.6 Å². The zero-order valence-corrected chi connectivity index (χ0v) is 13.8. The second-order valence-electron chi connectivity index (χ2n) is 6.11. The molecule has 130 valence electrons. The van der Waals surface area contributed by atoms with Gasteiger partial charge in [0.1, 0.15) is 10.8 Å². The van der Waals surface area contributed by atoms with Crippen LogP contribution in [0, 0.1) is 0 Å². The summed E-state index contributed by atoms with van der Waals surface area (Å²) in [5.41, 5.74) is 4.64. The van der Waals surface area contributed by atoms with E-state index in [1.54, 1.807) is 36.4 Å². The molecule has 1 saturated carbocycles. The van der Waals surface area contributed by atoms with Gasteiger partial charge < -0.3 is 20.3 Å². The summed E-state index contributed by atoms with van der Waals surface area (Å²) in [6.07, 6.45) is 0. The number of carboxylic acid groups (broad SMARTS) is 1. The van der Waals surface area contributed by atoms with Crippen LogP contribution >= 0.6 is 0 Å². The molecule has 0 aromatic heterocycles. The Balaban J connectivity index is 1.78. The van der Waals surface area contributed by atoms with E-state index in [1.807, 2.05) is 0 Å². The van der Waals surface area contributed by atoms with E-state index in [1.165, 1.54) is 12.1 Å². The molecule has 3 atom stereocenters. The number of ether oxygens (including phenoxy) is 2. The van der Waals surface area contributed by atoms with Crippen molar-refractivity contribution in [3.63, 3.8) is 0 Å². The van der Waals surface area contributed by atoms with Crippen molar-refractivity contribution in [2.75, 3.05) is 6.79 Å². The number of sulfone groups is 1. The summed E-state index contributed by atoms with van der Waals surface area (Å²) < 4.78 is 36.4. The predicted octanol–water partition coefficient (Wildman–Crippen LogP) is 1.14. The Morgan fingerprint density at radius 2 is 1.80 bits per heavy atom. The first-order chi connectivity index (χ1) is 11.9. The van der Waals surface area contributed by atoms with Crippen LogP contribution in [0.2, 0.25) is 0 Å². The third kappa shape index (κ3) is 2.21. The Bertz CT molecular complexity index is 958. The molecular formula is C17H15NO6S. The molecule has 1 fully saturated rings. The maximum Gasteiger partial charge on any atom is 0.325 e. The highest BCUT2D eigenvalue weighted by atomic mass is 32.2. The number of aliphatic carboxylic acids is 1. The summed E-state index contributed by atoms with van der Waals surface area (Å²) >= 11 is 0. The zero-order valence-electron chi connectivity index (χ0n) is 13.0. The molecule has 0 bridgehead atoms. The van der Waals surface area contributed by atoms with E-state index in [2.05, 4.69) is 0 Å². The van der Waals surface area contributed by atoms with E-state index >= 15 is 0 Å². The molecule has 25 heavy (non-hydrogen) atoms. The molecule has 0 saturated heterocycles. The summed E-state index contributed by atoms with van der Waals surface area (Å²) in [6, 6.07) is 12.6. The predicted molar refractivity (Wildman–Crippen MR) is 87.3 cm³/mol. The van der Waals surface area contributed by atoms with Crippen LogP contribution in [0.1, 0.15) is 11.5 Å². The second-order valence-corrected chi connectivity index (χ2v) is 8.18. The summed E-state index contributed by atoms with van der Waals surface area (Å²) in [6.45, 7) is 0.0713. The smallest absolute Gasteiger partial charge is 0.325 e. The number of carbonyl (C=O) groups is 1. The monoisotopic (exact) mass is 361 g/mol. The Hall–Kier alpha value is -2.58. The highest BCUT2D eigenvalue weighted by molar-refractivity contribution is 7.92. The van der Waals surface area contributed by atoms with E-state index in [0.29, 0.717) is 17.1 Å². The number of rotatable bonds is 4. The minimum atomic E-state index is -3.91. The van der Waals surface area contributed by atoms with Crippen molar-refractivity contribution in [2.24, 2.45) is 5.73 Å². The SMILES string of the molecule is N[C@]1(C(=O)O)[C@H](c2ccc3c(c2)OCO3)[C@@H]1S(=O)(=O)c1ccccc1. The van der Waals surface area contributed by atoms with Gasteiger partial charge in [0.05, 0.1) is 4.90 Å².